The molecule has 0 unspecified atom stereocenters. The second kappa shape index (κ2) is 11.0. The topological polar surface area (TPSA) is 68.9 Å². The van der Waals surface area contributed by atoms with Crippen LogP contribution in [0.5, 0.6) is 11.5 Å². The quantitative estimate of drug-likeness (QED) is 0.337. The maximum absolute atomic E-state index is 12.5. The van der Waals surface area contributed by atoms with Crippen LogP contribution in [0.1, 0.15) is 16.7 Å². The molecule has 0 amide bonds. The number of halogens is 4. The van der Waals surface area contributed by atoms with E-state index in [4.69, 9.17) is 15.2 Å². The lowest BCUT2D eigenvalue weighted by atomic mass is 10.1. The van der Waals surface area contributed by atoms with Crippen molar-refractivity contribution in [3.05, 3.63) is 59.2 Å². The van der Waals surface area contributed by atoms with Gasteiger partial charge in [-0.15, -0.1) is 24.0 Å². The molecule has 9 heteroatoms. The summed E-state index contributed by atoms with van der Waals surface area (Å²) in [7, 11) is 3.15. The second-order valence-electron chi connectivity index (χ2n) is 5.76. The zero-order valence-corrected chi connectivity index (χ0v) is 17.9. The molecule has 0 radical (unpaired) electrons. The molecule has 0 aliphatic rings. The monoisotopic (exact) mass is 509 g/mol. The summed E-state index contributed by atoms with van der Waals surface area (Å²) in [5.74, 6) is 1.54. The molecule has 2 rings (SSSR count). The number of nitrogens with two attached hydrogens (primary N) is 1. The van der Waals surface area contributed by atoms with Crippen LogP contribution < -0.4 is 20.5 Å². The Morgan fingerprint density at radius 2 is 1.61 bits per heavy atom. The zero-order valence-electron chi connectivity index (χ0n) is 15.5. The summed E-state index contributed by atoms with van der Waals surface area (Å²) in [6.45, 7) is 0.755. The van der Waals surface area contributed by atoms with Gasteiger partial charge in [0.1, 0.15) is 0 Å². The molecule has 154 valence electrons. The Bertz CT molecular complexity index is 781. The summed E-state index contributed by atoms with van der Waals surface area (Å²) < 4.78 is 48.0. The molecule has 0 aliphatic carbocycles. The van der Waals surface area contributed by atoms with Crippen molar-refractivity contribution in [2.24, 2.45) is 10.7 Å². The van der Waals surface area contributed by atoms with Gasteiger partial charge >= 0.3 is 6.18 Å². The molecular formula is C19H23F3IN3O2. The Hall–Kier alpha value is -2.17. The van der Waals surface area contributed by atoms with Gasteiger partial charge in [-0.05, 0) is 41.8 Å². The predicted molar refractivity (Wildman–Crippen MR) is 113 cm³/mol. The third-order valence-electron chi connectivity index (χ3n) is 3.88. The largest absolute Gasteiger partial charge is 0.493 e. The SMILES string of the molecule is COc1ccc(CCNC(N)=NCc2ccc(C(F)(F)F)cc2)cc1OC.I. The third-order valence-corrected chi connectivity index (χ3v) is 3.88. The minimum absolute atomic E-state index is 0. The Kier molecular flexibility index (Phi) is 9.36. The van der Waals surface area contributed by atoms with E-state index in [0.717, 1.165) is 17.7 Å². The Balaban J connectivity index is 0.00000392. The van der Waals surface area contributed by atoms with Crippen molar-refractivity contribution in [2.75, 3.05) is 20.8 Å². The van der Waals surface area contributed by atoms with E-state index in [9.17, 15) is 13.2 Å². The fourth-order valence-electron chi connectivity index (χ4n) is 2.40. The minimum atomic E-state index is -4.34. The van der Waals surface area contributed by atoms with Gasteiger partial charge in [0.15, 0.2) is 17.5 Å². The molecule has 2 aromatic carbocycles. The van der Waals surface area contributed by atoms with E-state index < -0.39 is 11.7 Å². The number of nitrogens with one attached hydrogen (secondary N) is 1. The number of hydrogen-bond acceptors (Lipinski definition) is 3. The standard InChI is InChI=1S/C19H22F3N3O2.HI/c1-26-16-8-5-13(11-17(16)27-2)9-10-24-18(23)25-12-14-3-6-15(7-4-14)19(20,21)22;/h3-8,11H,9-10,12H2,1-2H3,(H3,23,24,25);1H. The van der Waals surface area contributed by atoms with Crippen molar-refractivity contribution in [3.8, 4) is 11.5 Å². The number of aliphatic imine (C=N–C) groups is 1. The number of hydrogen-bond donors (Lipinski definition) is 2. The molecular weight excluding hydrogens is 486 g/mol. The van der Waals surface area contributed by atoms with Crippen molar-refractivity contribution in [1.82, 2.24) is 5.32 Å². The first kappa shape index (κ1) is 23.9. The van der Waals surface area contributed by atoms with Crippen molar-refractivity contribution < 1.29 is 22.6 Å². The van der Waals surface area contributed by atoms with E-state index in [-0.39, 0.29) is 36.5 Å². The first-order chi connectivity index (χ1) is 12.8. The van der Waals surface area contributed by atoms with E-state index in [1.54, 1.807) is 14.2 Å². The molecule has 0 fully saturated rings. The number of ether oxygens (including phenoxy) is 2. The van der Waals surface area contributed by atoms with Crippen LogP contribution in [0.4, 0.5) is 13.2 Å². The van der Waals surface area contributed by atoms with Crippen LogP contribution in [0, 0.1) is 0 Å². The highest BCUT2D eigenvalue weighted by molar-refractivity contribution is 14.0. The lowest BCUT2D eigenvalue weighted by Gasteiger charge is -2.10. The zero-order chi connectivity index (χ0) is 19.9. The maximum Gasteiger partial charge on any atom is 0.416 e. The Morgan fingerprint density at radius 3 is 2.18 bits per heavy atom. The Labute approximate surface area is 179 Å². The first-order valence-corrected chi connectivity index (χ1v) is 8.24. The van der Waals surface area contributed by atoms with Gasteiger partial charge in [-0.2, -0.15) is 13.2 Å². The van der Waals surface area contributed by atoms with E-state index in [2.05, 4.69) is 10.3 Å². The second-order valence-corrected chi connectivity index (χ2v) is 5.76. The summed E-state index contributed by atoms with van der Waals surface area (Å²) in [4.78, 5) is 4.14. The van der Waals surface area contributed by atoms with Gasteiger partial charge in [0.2, 0.25) is 0 Å². The van der Waals surface area contributed by atoms with Gasteiger partial charge < -0.3 is 20.5 Å². The summed E-state index contributed by atoms with van der Waals surface area (Å²) in [6, 6.07) is 10.5. The highest BCUT2D eigenvalue weighted by Crippen LogP contribution is 2.29. The number of alkyl halides is 3. The van der Waals surface area contributed by atoms with Crippen molar-refractivity contribution in [3.63, 3.8) is 0 Å². The number of nitrogens with zero attached hydrogens (tertiary/aromatic N) is 1. The van der Waals surface area contributed by atoms with Crippen molar-refractivity contribution in [2.45, 2.75) is 19.1 Å². The smallest absolute Gasteiger partial charge is 0.416 e. The summed E-state index contributed by atoms with van der Waals surface area (Å²) >= 11 is 0. The van der Waals surface area contributed by atoms with Crippen LogP contribution in [0.2, 0.25) is 0 Å². The molecule has 5 nitrogen and oxygen atoms in total. The van der Waals surface area contributed by atoms with Crippen LogP contribution in [-0.4, -0.2) is 26.7 Å². The van der Waals surface area contributed by atoms with Crippen LogP contribution in [-0.2, 0) is 19.1 Å². The van der Waals surface area contributed by atoms with E-state index in [1.807, 2.05) is 18.2 Å². The van der Waals surface area contributed by atoms with Crippen molar-refractivity contribution >= 4 is 29.9 Å². The van der Waals surface area contributed by atoms with Gasteiger partial charge in [0, 0.05) is 6.54 Å². The van der Waals surface area contributed by atoms with Gasteiger partial charge in [-0.1, -0.05) is 18.2 Å². The molecule has 0 aliphatic heterocycles. The number of guanidine groups is 1. The van der Waals surface area contributed by atoms with Crippen LogP contribution >= 0.6 is 24.0 Å². The number of benzene rings is 2. The molecule has 28 heavy (non-hydrogen) atoms. The normalized spacial score (nSPS) is 11.5. The number of methoxy groups -OCH3 is 2. The minimum Gasteiger partial charge on any atom is -0.493 e. The van der Waals surface area contributed by atoms with Gasteiger partial charge in [-0.3, -0.25) is 0 Å². The molecule has 0 spiro atoms. The molecule has 3 N–H and O–H groups in total. The highest BCUT2D eigenvalue weighted by atomic mass is 127. The fraction of sp³-hybridized carbons (Fsp3) is 0.316. The van der Waals surface area contributed by atoms with Crippen molar-refractivity contribution in [1.29, 1.82) is 0 Å². The van der Waals surface area contributed by atoms with E-state index in [1.165, 1.54) is 12.1 Å². The third kappa shape index (κ3) is 7.10. The van der Waals surface area contributed by atoms with Crippen LogP contribution in [0.15, 0.2) is 47.5 Å². The summed E-state index contributed by atoms with van der Waals surface area (Å²) in [5, 5.41) is 2.98. The van der Waals surface area contributed by atoms with Gasteiger partial charge in [0.25, 0.3) is 0 Å². The van der Waals surface area contributed by atoms with E-state index >= 15 is 0 Å². The molecule has 0 atom stereocenters. The van der Waals surface area contributed by atoms with Gasteiger partial charge in [0.05, 0.1) is 26.3 Å². The molecule has 0 bridgehead atoms. The van der Waals surface area contributed by atoms with Crippen LogP contribution in [0.25, 0.3) is 0 Å². The molecule has 0 saturated heterocycles. The highest BCUT2D eigenvalue weighted by Gasteiger charge is 2.29. The molecule has 2 aromatic rings. The van der Waals surface area contributed by atoms with Gasteiger partial charge in [-0.25, -0.2) is 4.99 Å². The number of rotatable bonds is 7. The Morgan fingerprint density at radius 1 is 1.00 bits per heavy atom. The average Bonchev–Trinajstić information content (AvgIpc) is 2.65. The maximum atomic E-state index is 12.5. The van der Waals surface area contributed by atoms with Crippen LogP contribution in [0.3, 0.4) is 0 Å². The lowest BCUT2D eigenvalue weighted by Crippen LogP contribution is -2.33. The first-order valence-electron chi connectivity index (χ1n) is 8.24. The average molecular weight is 509 g/mol. The summed E-state index contributed by atoms with van der Waals surface area (Å²) in [5.41, 5.74) is 6.80. The predicted octanol–water partition coefficient (Wildman–Crippen LogP) is 3.99. The summed E-state index contributed by atoms with van der Waals surface area (Å²) in [6.07, 6.45) is -3.65. The lowest BCUT2D eigenvalue weighted by molar-refractivity contribution is -0.137. The molecule has 0 aromatic heterocycles. The molecule has 0 saturated carbocycles. The molecule has 0 heterocycles. The fourth-order valence-corrected chi connectivity index (χ4v) is 2.40. The van der Waals surface area contributed by atoms with E-state index in [0.29, 0.717) is 30.0 Å².